The Kier molecular flexibility index (Phi) is 1.99. The number of hydrogen-bond acceptors (Lipinski definition) is 2. The molecule has 1 aromatic heterocycles. The number of halogens is 1. The van der Waals surface area contributed by atoms with Crippen LogP contribution in [0.2, 0.25) is 5.02 Å². The summed E-state index contributed by atoms with van der Waals surface area (Å²) in [5.74, 6) is 0. The lowest BCUT2D eigenvalue weighted by molar-refractivity contribution is 1.52. The highest BCUT2D eigenvalue weighted by Gasteiger charge is 2.04. The average molecular weight is 208 g/mol. The lowest BCUT2D eigenvalue weighted by Crippen LogP contribution is -1.72. The van der Waals surface area contributed by atoms with Gasteiger partial charge in [-0.05, 0) is 36.1 Å². The first-order chi connectivity index (χ1) is 6.20. The Hall–Kier alpha value is -1.04. The van der Waals surface area contributed by atoms with Crippen LogP contribution in [0.15, 0.2) is 18.2 Å². The monoisotopic (exact) mass is 207 g/mol. The summed E-state index contributed by atoms with van der Waals surface area (Å²) in [4.78, 5) is 0.736. The highest BCUT2D eigenvalue weighted by atomic mass is 35.5. The molecule has 0 N–H and O–H groups in total. The maximum absolute atomic E-state index is 8.73. The number of rotatable bonds is 0. The highest BCUT2D eigenvalue weighted by molar-refractivity contribution is 7.19. The van der Waals surface area contributed by atoms with Crippen LogP contribution < -0.4 is 0 Å². The van der Waals surface area contributed by atoms with Gasteiger partial charge in [-0.1, -0.05) is 11.6 Å². The van der Waals surface area contributed by atoms with Crippen LogP contribution in [0.1, 0.15) is 10.4 Å². The van der Waals surface area contributed by atoms with Crippen molar-refractivity contribution in [2.45, 2.75) is 6.92 Å². The van der Waals surface area contributed by atoms with Crippen LogP contribution in [0, 0.1) is 18.3 Å². The van der Waals surface area contributed by atoms with E-state index in [1.165, 1.54) is 11.3 Å². The summed E-state index contributed by atoms with van der Waals surface area (Å²) >= 11 is 7.38. The van der Waals surface area contributed by atoms with Crippen LogP contribution in [-0.2, 0) is 0 Å². The summed E-state index contributed by atoms with van der Waals surface area (Å²) in [5, 5.41) is 10.6. The molecule has 2 rings (SSSR count). The zero-order valence-corrected chi connectivity index (χ0v) is 8.54. The van der Waals surface area contributed by atoms with Crippen molar-refractivity contribution in [3.05, 3.63) is 33.7 Å². The van der Waals surface area contributed by atoms with Gasteiger partial charge >= 0.3 is 0 Å². The Bertz CT molecular complexity index is 507. The zero-order chi connectivity index (χ0) is 9.42. The molecule has 0 atom stereocenters. The van der Waals surface area contributed by atoms with Crippen molar-refractivity contribution in [1.82, 2.24) is 0 Å². The molecule has 0 spiro atoms. The van der Waals surface area contributed by atoms with Gasteiger partial charge < -0.3 is 0 Å². The van der Waals surface area contributed by atoms with E-state index in [-0.39, 0.29) is 0 Å². The minimum Gasteiger partial charge on any atom is -0.192 e. The minimum absolute atomic E-state index is 0.733. The predicted molar refractivity (Wildman–Crippen MR) is 56.3 cm³/mol. The van der Waals surface area contributed by atoms with Gasteiger partial charge in [0.05, 0.1) is 0 Å². The fourth-order valence-electron chi connectivity index (χ4n) is 1.33. The normalized spacial score (nSPS) is 10.2. The second-order valence-corrected chi connectivity index (χ2v) is 4.38. The molecule has 0 aliphatic carbocycles. The third-order valence-electron chi connectivity index (χ3n) is 1.92. The molecular weight excluding hydrogens is 202 g/mol. The molecule has 2 aromatic rings. The molecule has 3 heteroatoms. The van der Waals surface area contributed by atoms with Crippen LogP contribution in [0.4, 0.5) is 0 Å². The summed E-state index contributed by atoms with van der Waals surface area (Å²) in [7, 11) is 0. The van der Waals surface area contributed by atoms with Gasteiger partial charge in [-0.3, -0.25) is 0 Å². The fourth-order valence-corrected chi connectivity index (χ4v) is 2.64. The molecule has 1 nitrogen and oxygen atoms in total. The molecule has 1 heterocycles. The summed E-state index contributed by atoms with van der Waals surface area (Å²) in [6.45, 7) is 2.00. The number of benzene rings is 1. The maximum Gasteiger partial charge on any atom is 0.110 e. The van der Waals surface area contributed by atoms with E-state index in [0.717, 1.165) is 25.5 Å². The topological polar surface area (TPSA) is 23.8 Å². The van der Waals surface area contributed by atoms with E-state index in [2.05, 4.69) is 6.07 Å². The number of hydrogen-bond donors (Lipinski definition) is 0. The average Bonchev–Trinajstić information content (AvgIpc) is 2.47. The number of fused-ring (bicyclic) bond motifs is 1. The molecule has 64 valence electrons. The molecule has 1 aromatic carbocycles. The third kappa shape index (κ3) is 1.41. The number of aryl methyl sites for hydroxylation is 1. The number of nitrogens with zero attached hydrogens (tertiary/aromatic N) is 1. The molecule has 0 unspecified atom stereocenters. The van der Waals surface area contributed by atoms with Crippen molar-refractivity contribution in [3.63, 3.8) is 0 Å². The van der Waals surface area contributed by atoms with Crippen LogP contribution >= 0.6 is 22.9 Å². The van der Waals surface area contributed by atoms with E-state index in [9.17, 15) is 0 Å². The van der Waals surface area contributed by atoms with E-state index in [0.29, 0.717) is 0 Å². The first-order valence-corrected chi connectivity index (χ1v) is 5.00. The van der Waals surface area contributed by atoms with Crippen molar-refractivity contribution >= 4 is 33.0 Å². The first kappa shape index (κ1) is 8.55. The summed E-state index contributed by atoms with van der Waals surface area (Å²) < 4.78 is 1.08. The van der Waals surface area contributed by atoms with Crippen molar-refractivity contribution in [1.29, 1.82) is 5.26 Å². The molecule has 0 saturated carbocycles. The van der Waals surface area contributed by atoms with Gasteiger partial charge in [-0.25, -0.2) is 0 Å². The van der Waals surface area contributed by atoms with Crippen molar-refractivity contribution in [2.24, 2.45) is 0 Å². The SMILES string of the molecule is Cc1cc(Cl)cc2sc(C#N)cc12. The standard InChI is InChI=1S/C10H6ClNS/c1-6-2-7(11)3-10-9(6)4-8(5-12)13-10/h2-4H,1H3. The second kappa shape index (κ2) is 3.02. The van der Waals surface area contributed by atoms with Crippen LogP contribution in [0.25, 0.3) is 10.1 Å². The summed E-state index contributed by atoms with van der Waals surface area (Å²) in [5.41, 5.74) is 1.13. The molecule has 0 aliphatic heterocycles. The maximum atomic E-state index is 8.73. The molecule has 13 heavy (non-hydrogen) atoms. The molecule has 0 aliphatic rings. The molecule has 0 radical (unpaired) electrons. The van der Waals surface area contributed by atoms with Gasteiger partial charge in [0, 0.05) is 9.72 Å². The van der Waals surface area contributed by atoms with Crippen LogP contribution in [-0.4, -0.2) is 0 Å². The van der Waals surface area contributed by atoms with Gasteiger partial charge in [-0.15, -0.1) is 11.3 Å². The Morgan fingerprint density at radius 1 is 1.38 bits per heavy atom. The zero-order valence-electron chi connectivity index (χ0n) is 6.97. The minimum atomic E-state index is 0.733. The van der Waals surface area contributed by atoms with Crippen LogP contribution in [0.3, 0.4) is 0 Å². The second-order valence-electron chi connectivity index (χ2n) is 2.86. The van der Waals surface area contributed by atoms with Gasteiger partial charge in [-0.2, -0.15) is 5.26 Å². The fraction of sp³-hybridized carbons (Fsp3) is 0.100. The van der Waals surface area contributed by atoms with E-state index in [1.807, 2.05) is 25.1 Å². The van der Waals surface area contributed by atoms with Gasteiger partial charge in [0.25, 0.3) is 0 Å². The van der Waals surface area contributed by atoms with E-state index < -0.39 is 0 Å². The van der Waals surface area contributed by atoms with E-state index >= 15 is 0 Å². The van der Waals surface area contributed by atoms with Crippen LogP contribution in [0.5, 0.6) is 0 Å². The molecular formula is C10H6ClNS. The molecule has 0 amide bonds. The molecule has 0 saturated heterocycles. The van der Waals surface area contributed by atoms with Gasteiger partial charge in [0.1, 0.15) is 10.9 Å². The summed E-state index contributed by atoms with van der Waals surface area (Å²) in [6, 6.07) is 7.86. The highest BCUT2D eigenvalue weighted by Crippen LogP contribution is 2.30. The Balaban J connectivity index is 2.84. The summed E-state index contributed by atoms with van der Waals surface area (Å²) in [6.07, 6.45) is 0. The quantitative estimate of drug-likeness (QED) is 0.646. The third-order valence-corrected chi connectivity index (χ3v) is 3.12. The lowest BCUT2D eigenvalue weighted by atomic mass is 10.1. The Labute approximate surface area is 85.2 Å². The van der Waals surface area contributed by atoms with Gasteiger partial charge in [0.15, 0.2) is 0 Å². The van der Waals surface area contributed by atoms with Crippen molar-refractivity contribution in [3.8, 4) is 6.07 Å². The first-order valence-electron chi connectivity index (χ1n) is 3.80. The number of nitriles is 1. The predicted octanol–water partition coefficient (Wildman–Crippen LogP) is 3.73. The largest absolute Gasteiger partial charge is 0.192 e. The smallest absolute Gasteiger partial charge is 0.110 e. The molecule has 0 bridgehead atoms. The number of thiophene rings is 1. The van der Waals surface area contributed by atoms with E-state index in [4.69, 9.17) is 16.9 Å². The van der Waals surface area contributed by atoms with Crippen molar-refractivity contribution in [2.75, 3.05) is 0 Å². The Morgan fingerprint density at radius 2 is 2.15 bits per heavy atom. The van der Waals surface area contributed by atoms with Gasteiger partial charge in [0.2, 0.25) is 0 Å². The Morgan fingerprint density at radius 3 is 2.85 bits per heavy atom. The molecule has 0 fully saturated rings. The van der Waals surface area contributed by atoms with E-state index in [1.54, 1.807) is 0 Å². The lowest BCUT2D eigenvalue weighted by Gasteiger charge is -1.95. The van der Waals surface area contributed by atoms with Crippen molar-refractivity contribution < 1.29 is 0 Å².